The largest absolute Gasteiger partial charge is 0.329 e. The molecule has 1 aromatic rings. The maximum Gasteiger partial charge on any atom is 0.0880 e. The van der Waals surface area contributed by atoms with Gasteiger partial charge in [-0.2, -0.15) is 8.75 Å². The lowest BCUT2D eigenvalue weighted by atomic mass is 10.3. The number of nitrogens with two attached hydrogens (primary N) is 1. The van der Waals surface area contributed by atoms with Gasteiger partial charge in [0.15, 0.2) is 0 Å². The molecule has 1 atom stereocenters. The van der Waals surface area contributed by atoms with E-state index in [4.69, 9.17) is 5.73 Å². The number of nitrogens with zero attached hydrogens (tertiary/aromatic N) is 2. The van der Waals surface area contributed by atoms with Gasteiger partial charge >= 0.3 is 0 Å². The molecular weight excluding hydrogens is 160 g/mol. The van der Waals surface area contributed by atoms with E-state index in [1.165, 1.54) is 11.7 Å². The quantitative estimate of drug-likeness (QED) is 0.669. The maximum absolute atomic E-state index is 5.42. The molecule has 0 aliphatic heterocycles. The van der Waals surface area contributed by atoms with Crippen molar-refractivity contribution >= 4 is 11.7 Å². The molecular formula is C6H12N4S. The Bertz CT molecular complexity index is 186. The van der Waals surface area contributed by atoms with Crippen molar-refractivity contribution < 1.29 is 0 Å². The van der Waals surface area contributed by atoms with Crippen molar-refractivity contribution in [3.8, 4) is 0 Å². The summed E-state index contributed by atoms with van der Waals surface area (Å²) in [5.74, 6) is 0. The predicted molar refractivity (Wildman–Crippen MR) is 45.3 cm³/mol. The van der Waals surface area contributed by atoms with Crippen LogP contribution in [0.15, 0.2) is 6.20 Å². The van der Waals surface area contributed by atoms with Gasteiger partial charge in [0.05, 0.1) is 23.6 Å². The van der Waals surface area contributed by atoms with Gasteiger partial charge in [0.1, 0.15) is 0 Å². The van der Waals surface area contributed by atoms with Crippen LogP contribution in [-0.2, 0) is 6.54 Å². The van der Waals surface area contributed by atoms with Crippen molar-refractivity contribution in [1.29, 1.82) is 0 Å². The minimum Gasteiger partial charge on any atom is -0.329 e. The van der Waals surface area contributed by atoms with E-state index in [9.17, 15) is 0 Å². The highest BCUT2D eigenvalue weighted by Crippen LogP contribution is 1.94. The number of aromatic nitrogens is 2. The molecule has 0 aromatic carbocycles. The lowest BCUT2D eigenvalue weighted by molar-refractivity contribution is 0.552. The minimum absolute atomic E-state index is 0.344. The number of rotatable bonds is 4. The number of nitrogens with one attached hydrogen (secondary N) is 1. The van der Waals surface area contributed by atoms with Crippen molar-refractivity contribution in [1.82, 2.24) is 14.1 Å². The van der Waals surface area contributed by atoms with Gasteiger partial charge in [0, 0.05) is 19.1 Å². The molecule has 0 aliphatic carbocycles. The van der Waals surface area contributed by atoms with Crippen LogP contribution in [0.4, 0.5) is 0 Å². The Hall–Kier alpha value is -0.520. The summed E-state index contributed by atoms with van der Waals surface area (Å²) >= 11 is 1.23. The molecule has 1 heterocycles. The summed E-state index contributed by atoms with van der Waals surface area (Å²) in [4.78, 5) is 0. The lowest BCUT2D eigenvalue weighted by Crippen LogP contribution is -2.32. The molecule has 0 saturated heterocycles. The summed E-state index contributed by atoms with van der Waals surface area (Å²) in [5.41, 5.74) is 6.40. The Morgan fingerprint density at radius 1 is 1.82 bits per heavy atom. The molecule has 5 heteroatoms. The second kappa shape index (κ2) is 4.38. The maximum atomic E-state index is 5.42. The molecule has 11 heavy (non-hydrogen) atoms. The normalized spacial score (nSPS) is 13.3. The average molecular weight is 172 g/mol. The zero-order chi connectivity index (χ0) is 8.10. The molecule has 62 valence electrons. The first-order valence-corrected chi connectivity index (χ1v) is 4.26. The monoisotopic (exact) mass is 172 g/mol. The molecule has 0 saturated carbocycles. The summed E-state index contributed by atoms with van der Waals surface area (Å²) in [6.07, 6.45) is 1.76. The third-order valence-electron chi connectivity index (χ3n) is 1.39. The molecule has 0 bridgehead atoms. The topological polar surface area (TPSA) is 63.8 Å². The molecule has 3 N–H and O–H groups in total. The Morgan fingerprint density at radius 2 is 2.64 bits per heavy atom. The van der Waals surface area contributed by atoms with Crippen LogP contribution in [0.2, 0.25) is 0 Å². The molecule has 4 nitrogen and oxygen atoms in total. The van der Waals surface area contributed by atoms with E-state index in [1.54, 1.807) is 6.20 Å². The van der Waals surface area contributed by atoms with E-state index in [0.29, 0.717) is 12.6 Å². The van der Waals surface area contributed by atoms with Gasteiger partial charge in [-0.1, -0.05) is 0 Å². The lowest BCUT2D eigenvalue weighted by Gasteiger charge is -2.08. The van der Waals surface area contributed by atoms with E-state index in [2.05, 4.69) is 14.1 Å². The fourth-order valence-corrected chi connectivity index (χ4v) is 1.06. The summed E-state index contributed by atoms with van der Waals surface area (Å²) in [7, 11) is 0. The third-order valence-corrected chi connectivity index (χ3v) is 1.91. The van der Waals surface area contributed by atoms with Crippen LogP contribution < -0.4 is 11.1 Å². The molecule has 0 unspecified atom stereocenters. The first-order valence-electron chi connectivity index (χ1n) is 3.53. The zero-order valence-electron chi connectivity index (χ0n) is 6.45. The molecule has 1 rings (SSSR count). The third kappa shape index (κ3) is 2.92. The second-order valence-corrected chi connectivity index (χ2v) is 2.97. The first-order chi connectivity index (χ1) is 5.33. The van der Waals surface area contributed by atoms with E-state index in [1.807, 2.05) is 6.92 Å². The minimum atomic E-state index is 0.344. The van der Waals surface area contributed by atoms with Gasteiger partial charge in [-0.05, 0) is 6.92 Å². The second-order valence-electron chi connectivity index (χ2n) is 2.42. The summed E-state index contributed by atoms with van der Waals surface area (Å²) in [5, 5.41) is 3.21. The van der Waals surface area contributed by atoms with E-state index < -0.39 is 0 Å². The Balaban J connectivity index is 2.23. The van der Waals surface area contributed by atoms with Crippen LogP contribution in [0, 0.1) is 0 Å². The van der Waals surface area contributed by atoms with Gasteiger partial charge in [0.25, 0.3) is 0 Å². The first kappa shape index (κ1) is 8.58. The van der Waals surface area contributed by atoms with Crippen LogP contribution in [0.5, 0.6) is 0 Å². The van der Waals surface area contributed by atoms with Gasteiger partial charge in [-0.15, -0.1) is 0 Å². The summed E-state index contributed by atoms with van der Waals surface area (Å²) < 4.78 is 7.93. The molecule has 0 aliphatic rings. The SMILES string of the molecule is C[C@H](CN)NCc1cnsn1. The zero-order valence-corrected chi connectivity index (χ0v) is 7.27. The van der Waals surface area contributed by atoms with E-state index >= 15 is 0 Å². The fourth-order valence-electron chi connectivity index (χ4n) is 0.624. The summed E-state index contributed by atoms with van der Waals surface area (Å²) in [6, 6.07) is 0.344. The summed E-state index contributed by atoms with van der Waals surface area (Å²) in [6.45, 7) is 3.45. The molecule has 0 amide bonds. The number of hydrogen-bond donors (Lipinski definition) is 2. The Kier molecular flexibility index (Phi) is 3.41. The van der Waals surface area contributed by atoms with Gasteiger partial charge in [-0.3, -0.25) is 0 Å². The predicted octanol–water partition coefficient (Wildman–Crippen LogP) is -0.0251. The smallest absolute Gasteiger partial charge is 0.0880 e. The standard InChI is InChI=1S/C6H12N4S/c1-5(2-7)8-3-6-4-9-11-10-6/h4-5,8H,2-3,7H2,1H3/t5-/m1/s1. The Morgan fingerprint density at radius 3 is 3.18 bits per heavy atom. The van der Waals surface area contributed by atoms with Crippen LogP contribution in [0.25, 0.3) is 0 Å². The van der Waals surface area contributed by atoms with Crippen molar-refractivity contribution in [2.24, 2.45) is 5.73 Å². The average Bonchev–Trinajstić information content (AvgIpc) is 2.52. The van der Waals surface area contributed by atoms with Crippen molar-refractivity contribution in [3.63, 3.8) is 0 Å². The van der Waals surface area contributed by atoms with Gasteiger partial charge in [0.2, 0.25) is 0 Å². The highest BCUT2D eigenvalue weighted by atomic mass is 32.1. The van der Waals surface area contributed by atoms with Crippen LogP contribution >= 0.6 is 11.7 Å². The van der Waals surface area contributed by atoms with Crippen molar-refractivity contribution in [2.75, 3.05) is 6.54 Å². The molecule has 1 aromatic heterocycles. The molecule has 0 fully saturated rings. The molecule has 0 radical (unpaired) electrons. The van der Waals surface area contributed by atoms with E-state index in [0.717, 1.165) is 12.2 Å². The van der Waals surface area contributed by atoms with Crippen LogP contribution in [0.3, 0.4) is 0 Å². The van der Waals surface area contributed by atoms with Crippen molar-refractivity contribution in [2.45, 2.75) is 19.5 Å². The highest BCUT2D eigenvalue weighted by Gasteiger charge is 1.99. The highest BCUT2D eigenvalue weighted by molar-refractivity contribution is 6.99. The van der Waals surface area contributed by atoms with Gasteiger partial charge in [-0.25, -0.2) is 0 Å². The van der Waals surface area contributed by atoms with E-state index in [-0.39, 0.29) is 0 Å². The molecule has 0 spiro atoms. The fraction of sp³-hybridized carbons (Fsp3) is 0.667. The number of hydrogen-bond acceptors (Lipinski definition) is 5. The Labute approximate surface area is 70.1 Å². The van der Waals surface area contributed by atoms with Crippen LogP contribution in [0.1, 0.15) is 12.6 Å². The van der Waals surface area contributed by atoms with Crippen LogP contribution in [-0.4, -0.2) is 21.3 Å². The van der Waals surface area contributed by atoms with Gasteiger partial charge < -0.3 is 11.1 Å². The van der Waals surface area contributed by atoms with Crippen molar-refractivity contribution in [3.05, 3.63) is 11.9 Å².